The lowest BCUT2D eigenvalue weighted by atomic mass is 9.89. The largest absolute Gasteiger partial charge is 0.493 e. The quantitative estimate of drug-likeness (QED) is 0.548. The average Bonchev–Trinajstić information content (AvgIpc) is 3.13. The maximum absolute atomic E-state index is 6.19. The van der Waals surface area contributed by atoms with Gasteiger partial charge in [0, 0.05) is 17.1 Å². The highest BCUT2D eigenvalue weighted by Crippen LogP contribution is 2.40. The van der Waals surface area contributed by atoms with Crippen molar-refractivity contribution in [2.24, 2.45) is 0 Å². The third-order valence-corrected chi connectivity index (χ3v) is 4.65. The number of fused-ring (bicyclic) bond motifs is 1. The Hall–Kier alpha value is -3.74. The average molecular weight is 376 g/mol. The number of methoxy groups -OCH3 is 2. The molecule has 0 spiro atoms. The number of benzene rings is 2. The first-order valence-electron chi connectivity index (χ1n) is 8.69. The van der Waals surface area contributed by atoms with Gasteiger partial charge in [0.15, 0.2) is 11.5 Å². The summed E-state index contributed by atoms with van der Waals surface area (Å²) in [5.74, 6) is 2.04. The zero-order valence-electron chi connectivity index (χ0n) is 15.5. The molecule has 0 bridgehead atoms. The van der Waals surface area contributed by atoms with Gasteiger partial charge in [0.2, 0.25) is 5.95 Å². The van der Waals surface area contributed by atoms with Gasteiger partial charge in [0.1, 0.15) is 17.2 Å². The Balaban J connectivity index is 1.93. The summed E-state index contributed by atoms with van der Waals surface area (Å²) in [5, 5.41) is 0.998. The van der Waals surface area contributed by atoms with Crippen LogP contribution < -0.4 is 20.9 Å². The van der Waals surface area contributed by atoms with E-state index in [4.69, 9.17) is 25.4 Å². The van der Waals surface area contributed by atoms with Crippen LogP contribution in [0, 0.1) is 0 Å². The van der Waals surface area contributed by atoms with Crippen LogP contribution in [0.2, 0.25) is 0 Å². The Morgan fingerprint density at radius 1 is 0.964 bits per heavy atom. The van der Waals surface area contributed by atoms with Gasteiger partial charge in [-0.25, -0.2) is 4.98 Å². The van der Waals surface area contributed by atoms with Crippen LogP contribution in [-0.2, 0) is 0 Å². The lowest BCUT2D eigenvalue weighted by Gasteiger charge is -2.18. The smallest absolute Gasteiger partial charge is 0.221 e. The maximum atomic E-state index is 6.19. The summed E-state index contributed by atoms with van der Waals surface area (Å²) in [7, 11) is 3.19. The Labute approximate surface area is 161 Å². The van der Waals surface area contributed by atoms with E-state index in [-0.39, 0.29) is 11.9 Å². The second kappa shape index (κ2) is 7.11. The summed E-state index contributed by atoms with van der Waals surface area (Å²) in [6.07, 6.45) is 1.63. The fourth-order valence-corrected chi connectivity index (χ4v) is 3.32. The molecule has 0 saturated heterocycles. The molecule has 1 unspecified atom stereocenters. The van der Waals surface area contributed by atoms with E-state index in [2.05, 4.69) is 9.97 Å². The zero-order valence-corrected chi connectivity index (χ0v) is 15.5. The summed E-state index contributed by atoms with van der Waals surface area (Å²) in [4.78, 5) is 8.25. The van der Waals surface area contributed by atoms with Gasteiger partial charge in [-0.3, -0.25) is 0 Å². The van der Waals surface area contributed by atoms with Crippen molar-refractivity contribution in [2.45, 2.75) is 5.92 Å². The molecule has 0 saturated carbocycles. The predicted molar refractivity (Wildman–Crippen MR) is 108 cm³/mol. The number of nitrogens with zero attached hydrogens (tertiary/aromatic N) is 2. The molecule has 0 radical (unpaired) electrons. The highest BCUT2D eigenvalue weighted by Gasteiger charge is 2.25. The Bertz CT molecular complexity index is 1110. The summed E-state index contributed by atoms with van der Waals surface area (Å²) in [5.41, 5.74) is 14.3. The molecule has 28 heavy (non-hydrogen) atoms. The standard InChI is InChI=1S/C21H20N4O3/c1-26-16-8-7-13(10-17(16)27-2)19(14-11-24-21(23)25-20(14)22)18-9-12-5-3-4-6-15(12)28-18/h3-11,19H,1-2H3,(H4,22,23,24,25). The van der Waals surface area contributed by atoms with E-state index < -0.39 is 0 Å². The van der Waals surface area contributed by atoms with Crippen molar-refractivity contribution in [2.75, 3.05) is 25.7 Å². The first-order chi connectivity index (χ1) is 13.6. The molecule has 0 aliphatic heterocycles. The highest BCUT2D eigenvalue weighted by atomic mass is 16.5. The number of para-hydroxylation sites is 1. The Morgan fingerprint density at radius 2 is 1.75 bits per heavy atom. The van der Waals surface area contributed by atoms with Crippen LogP contribution in [0.3, 0.4) is 0 Å². The summed E-state index contributed by atoms with van der Waals surface area (Å²) < 4.78 is 17.0. The van der Waals surface area contributed by atoms with Gasteiger partial charge in [-0.2, -0.15) is 4.98 Å². The normalized spacial score (nSPS) is 12.1. The van der Waals surface area contributed by atoms with E-state index in [0.717, 1.165) is 16.5 Å². The maximum Gasteiger partial charge on any atom is 0.221 e. The molecular weight excluding hydrogens is 356 g/mol. The van der Waals surface area contributed by atoms with E-state index in [1.165, 1.54) is 0 Å². The molecule has 4 N–H and O–H groups in total. The predicted octanol–water partition coefficient (Wildman–Crippen LogP) is 3.58. The number of rotatable bonds is 5. The first kappa shape index (κ1) is 17.7. The Kier molecular flexibility index (Phi) is 4.49. The van der Waals surface area contributed by atoms with Gasteiger partial charge >= 0.3 is 0 Å². The topological polar surface area (TPSA) is 109 Å². The van der Waals surface area contributed by atoms with Gasteiger partial charge in [0.25, 0.3) is 0 Å². The van der Waals surface area contributed by atoms with Gasteiger partial charge < -0.3 is 25.4 Å². The SMILES string of the molecule is COc1ccc(C(c2cc3ccccc3o2)c2cnc(N)nc2N)cc1OC. The molecule has 0 fully saturated rings. The van der Waals surface area contributed by atoms with Crippen molar-refractivity contribution < 1.29 is 13.9 Å². The van der Waals surface area contributed by atoms with Crippen molar-refractivity contribution in [3.8, 4) is 11.5 Å². The number of hydrogen-bond donors (Lipinski definition) is 2. The van der Waals surface area contributed by atoms with Crippen LogP contribution in [0.5, 0.6) is 11.5 Å². The lowest BCUT2D eigenvalue weighted by Crippen LogP contribution is -2.10. The second-order valence-electron chi connectivity index (χ2n) is 6.30. The Morgan fingerprint density at radius 3 is 2.46 bits per heavy atom. The number of nitrogen functional groups attached to an aromatic ring is 2. The number of hydrogen-bond acceptors (Lipinski definition) is 7. The van der Waals surface area contributed by atoms with Crippen LogP contribution in [-0.4, -0.2) is 24.2 Å². The fourth-order valence-electron chi connectivity index (χ4n) is 3.32. The van der Waals surface area contributed by atoms with Crippen molar-refractivity contribution in [1.29, 1.82) is 0 Å². The minimum absolute atomic E-state index is 0.122. The molecule has 2 aromatic carbocycles. The van der Waals surface area contributed by atoms with Crippen molar-refractivity contribution in [3.63, 3.8) is 0 Å². The summed E-state index contributed by atoms with van der Waals surface area (Å²) >= 11 is 0. The number of nitrogens with two attached hydrogens (primary N) is 2. The minimum atomic E-state index is -0.340. The van der Waals surface area contributed by atoms with Gasteiger partial charge in [0.05, 0.1) is 20.1 Å². The van der Waals surface area contributed by atoms with Gasteiger partial charge in [-0.1, -0.05) is 24.3 Å². The van der Waals surface area contributed by atoms with Crippen molar-refractivity contribution >= 4 is 22.7 Å². The molecule has 4 aromatic rings. The first-order valence-corrected chi connectivity index (χ1v) is 8.69. The molecular formula is C21H20N4O3. The zero-order chi connectivity index (χ0) is 19.7. The molecule has 0 amide bonds. The van der Waals surface area contributed by atoms with Gasteiger partial charge in [-0.05, 0) is 29.8 Å². The van der Waals surface area contributed by atoms with E-state index >= 15 is 0 Å². The second-order valence-corrected chi connectivity index (χ2v) is 6.30. The molecule has 2 heterocycles. The van der Waals surface area contributed by atoms with Crippen LogP contribution in [0.4, 0.5) is 11.8 Å². The highest BCUT2D eigenvalue weighted by molar-refractivity contribution is 5.78. The summed E-state index contributed by atoms with van der Waals surface area (Å²) in [6.45, 7) is 0. The van der Waals surface area contributed by atoms with E-state index in [0.29, 0.717) is 28.6 Å². The lowest BCUT2D eigenvalue weighted by molar-refractivity contribution is 0.354. The minimum Gasteiger partial charge on any atom is -0.493 e. The van der Waals surface area contributed by atoms with E-state index in [1.54, 1.807) is 20.4 Å². The molecule has 0 aliphatic carbocycles. The van der Waals surface area contributed by atoms with Crippen LogP contribution >= 0.6 is 0 Å². The number of anilines is 2. The van der Waals surface area contributed by atoms with E-state index in [9.17, 15) is 0 Å². The summed E-state index contributed by atoms with van der Waals surface area (Å²) in [6, 6.07) is 15.5. The fraction of sp³-hybridized carbons (Fsp3) is 0.143. The third-order valence-electron chi connectivity index (χ3n) is 4.65. The molecule has 1 atom stereocenters. The molecule has 4 rings (SSSR count). The van der Waals surface area contributed by atoms with Crippen molar-refractivity contribution in [1.82, 2.24) is 9.97 Å². The van der Waals surface area contributed by atoms with Gasteiger partial charge in [-0.15, -0.1) is 0 Å². The van der Waals surface area contributed by atoms with Crippen LogP contribution in [0.25, 0.3) is 11.0 Å². The van der Waals surface area contributed by atoms with Crippen LogP contribution in [0.1, 0.15) is 22.8 Å². The van der Waals surface area contributed by atoms with E-state index in [1.807, 2.05) is 48.5 Å². The monoisotopic (exact) mass is 376 g/mol. The third kappa shape index (κ3) is 3.07. The molecule has 2 aromatic heterocycles. The van der Waals surface area contributed by atoms with Crippen LogP contribution in [0.15, 0.2) is 59.1 Å². The number of ether oxygens (including phenoxy) is 2. The molecule has 7 nitrogen and oxygen atoms in total. The molecule has 142 valence electrons. The molecule has 7 heteroatoms. The van der Waals surface area contributed by atoms with Crippen molar-refractivity contribution in [3.05, 3.63) is 71.6 Å². The number of aromatic nitrogens is 2. The number of furan rings is 1. The molecule has 0 aliphatic rings.